The van der Waals surface area contributed by atoms with Crippen LogP contribution in [0.25, 0.3) is 0 Å². The summed E-state index contributed by atoms with van der Waals surface area (Å²) in [5, 5.41) is 11.2. The first kappa shape index (κ1) is 19.5. The van der Waals surface area contributed by atoms with Crippen LogP contribution in [0.4, 0.5) is 13.2 Å². The van der Waals surface area contributed by atoms with Gasteiger partial charge in [-0.15, -0.1) is 0 Å². The van der Waals surface area contributed by atoms with Gasteiger partial charge in [0.05, 0.1) is 6.54 Å². The van der Waals surface area contributed by atoms with Gasteiger partial charge in [0, 0.05) is 13.1 Å². The number of carbonyl (C=O) groups is 3. The number of hydrogen-bond donors (Lipinski definition) is 2. The normalized spacial score (nSPS) is 19.9. The number of carboxylic acids is 1. The van der Waals surface area contributed by atoms with Gasteiger partial charge in [-0.1, -0.05) is 18.2 Å². The minimum Gasteiger partial charge on any atom is -0.484 e. The zero-order valence-corrected chi connectivity index (χ0v) is 13.6. The molecule has 1 aliphatic heterocycles. The van der Waals surface area contributed by atoms with E-state index >= 15 is 0 Å². The van der Waals surface area contributed by atoms with Crippen LogP contribution in [0.15, 0.2) is 30.3 Å². The molecule has 0 spiro atoms. The van der Waals surface area contributed by atoms with Gasteiger partial charge in [0.25, 0.3) is 5.91 Å². The molecule has 1 unspecified atom stereocenters. The zero-order valence-electron chi connectivity index (χ0n) is 13.6. The molecule has 0 aromatic heterocycles. The summed E-state index contributed by atoms with van der Waals surface area (Å²) in [7, 11) is 0. The lowest BCUT2D eigenvalue weighted by Gasteiger charge is -2.27. The highest BCUT2D eigenvalue weighted by Crippen LogP contribution is 2.45. The Bertz CT molecular complexity index is 680. The lowest BCUT2D eigenvalue weighted by atomic mass is 9.86. The lowest BCUT2D eigenvalue weighted by Crippen LogP contribution is -2.48. The molecule has 10 heteroatoms. The summed E-state index contributed by atoms with van der Waals surface area (Å²) >= 11 is 0. The van der Waals surface area contributed by atoms with E-state index in [1.807, 2.05) is 0 Å². The maximum atomic E-state index is 13.1. The molecule has 1 saturated heterocycles. The Hall–Kier alpha value is -2.78. The van der Waals surface area contributed by atoms with Crippen molar-refractivity contribution in [2.45, 2.75) is 12.6 Å². The quantitative estimate of drug-likeness (QED) is 0.776. The number of ether oxygens (including phenoxy) is 1. The second-order valence-electron chi connectivity index (χ2n) is 5.83. The van der Waals surface area contributed by atoms with Crippen molar-refractivity contribution in [3.05, 3.63) is 30.3 Å². The fraction of sp³-hybridized carbons (Fsp3) is 0.438. The molecule has 2 amide bonds. The topological polar surface area (TPSA) is 95.9 Å². The van der Waals surface area contributed by atoms with E-state index in [0.29, 0.717) is 5.75 Å². The van der Waals surface area contributed by atoms with E-state index in [9.17, 15) is 27.6 Å². The van der Waals surface area contributed by atoms with Crippen LogP contribution < -0.4 is 10.1 Å². The van der Waals surface area contributed by atoms with E-state index in [1.165, 1.54) is 0 Å². The number of para-hydroxylation sites is 1. The van der Waals surface area contributed by atoms with Crippen LogP contribution in [-0.2, 0) is 14.4 Å². The van der Waals surface area contributed by atoms with Gasteiger partial charge < -0.3 is 20.1 Å². The molecule has 1 aromatic rings. The van der Waals surface area contributed by atoms with Crippen LogP contribution in [0.2, 0.25) is 0 Å². The van der Waals surface area contributed by atoms with Crippen molar-refractivity contribution in [3.8, 4) is 5.75 Å². The van der Waals surface area contributed by atoms with Gasteiger partial charge in [-0.25, -0.2) is 0 Å². The largest absolute Gasteiger partial charge is 0.484 e. The Kier molecular flexibility index (Phi) is 5.73. The zero-order chi connectivity index (χ0) is 19.4. The highest BCUT2D eigenvalue weighted by Gasteiger charge is 2.64. The highest BCUT2D eigenvalue weighted by molar-refractivity contribution is 5.86. The molecule has 0 saturated carbocycles. The second-order valence-corrected chi connectivity index (χ2v) is 5.83. The Morgan fingerprint density at radius 2 is 1.88 bits per heavy atom. The van der Waals surface area contributed by atoms with Crippen molar-refractivity contribution in [2.75, 3.05) is 26.2 Å². The first-order valence-corrected chi connectivity index (χ1v) is 7.68. The fourth-order valence-corrected chi connectivity index (χ4v) is 2.55. The monoisotopic (exact) mass is 374 g/mol. The van der Waals surface area contributed by atoms with Crippen LogP contribution in [0.5, 0.6) is 5.75 Å². The molecule has 1 aliphatic rings. The van der Waals surface area contributed by atoms with Gasteiger partial charge >= 0.3 is 12.1 Å². The average Bonchev–Trinajstić information content (AvgIpc) is 3.05. The standard InChI is InChI=1S/C16H17F3N2O5/c17-16(18,19)15(14(24)25)6-7-21(10-15)13(23)8-20-12(22)9-26-11-4-2-1-3-5-11/h1-5H,6-10H2,(H,20,22)(H,24,25). The van der Waals surface area contributed by atoms with Gasteiger partial charge in [0.2, 0.25) is 5.91 Å². The molecule has 0 aliphatic carbocycles. The summed E-state index contributed by atoms with van der Waals surface area (Å²) in [4.78, 5) is 35.5. The Balaban J connectivity index is 1.83. The van der Waals surface area contributed by atoms with Gasteiger partial charge in [-0.3, -0.25) is 14.4 Å². The summed E-state index contributed by atoms with van der Waals surface area (Å²) in [6.45, 7) is -2.22. The lowest BCUT2D eigenvalue weighted by molar-refractivity contribution is -0.227. The van der Waals surface area contributed by atoms with Crippen molar-refractivity contribution in [1.29, 1.82) is 0 Å². The molecular weight excluding hydrogens is 357 g/mol. The molecule has 1 aromatic carbocycles. The predicted octanol–water partition coefficient (Wildman–Crippen LogP) is 1.05. The number of halogens is 3. The minimum atomic E-state index is -4.97. The summed E-state index contributed by atoms with van der Waals surface area (Å²) < 4.78 is 44.4. The number of benzene rings is 1. The van der Waals surface area contributed by atoms with Crippen molar-refractivity contribution >= 4 is 17.8 Å². The third-order valence-corrected chi connectivity index (χ3v) is 4.12. The molecule has 2 rings (SSSR count). The van der Waals surface area contributed by atoms with Gasteiger partial charge in [0.1, 0.15) is 5.75 Å². The third kappa shape index (κ3) is 4.24. The predicted molar refractivity (Wildman–Crippen MR) is 82.3 cm³/mol. The molecule has 2 N–H and O–H groups in total. The SMILES string of the molecule is O=C(COc1ccccc1)NCC(=O)N1CCC(C(=O)O)(C(F)(F)F)C1. The molecule has 1 heterocycles. The first-order valence-electron chi connectivity index (χ1n) is 7.68. The summed E-state index contributed by atoms with van der Waals surface area (Å²) in [6, 6.07) is 8.44. The number of likely N-dealkylation sites (tertiary alicyclic amines) is 1. The molecule has 142 valence electrons. The van der Waals surface area contributed by atoms with Crippen LogP contribution in [0.3, 0.4) is 0 Å². The Labute approximate surface area is 146 Å². The molecule has 1 fully saturated rings. The summed E-state index contributed by atoms with van der Waals surface area (Å²) in [6.07, 6.45) is -5.69. The van der Waals surface area contributed by atoms with Crippen LogP contribution in [0.1, 0.15) is 6.42 Å². The van der Waals surface area contributed by atoms with Crippen molar-refractivity contribution < 1.29 is 37.4 Å². The van der Waals surface area contributed by atoms with E-state index in [4.69, 9.17) is 9.84 Å². The van der Waals surface area contributed by atoms with E-state index in [2.05, 4.69) is 5.32 Å². The molecule has 0 radical (unpaired) electrons. The van der Waals surface area contributed by atoms with Crippen LogP contribution in [0, 0.1) is 5.41 Å². The number of carboxylic acid groups (broad SMARTS) is 1. The van der Waals surface area contributed by atoms with E-state index in [-0.39, 0.29) is 13.2 Å². The van der Waals surface area contributed by atoms with Gasteiger partial charge in [0.15, 0.2) is 12.0 Å². The summed E-state index contributed by atoms with van der Waals surface area (Å²) in [5.41, 5.74) is -2.97. The number of nitrogens with one attached hydrogen (secondary N) is 1. The molecular formula is C16H17F3N2O5. The van der Waals surface area contributed by atoms with Crippen molar-refractivity contribution in [3.63, 3.8) is 0 Å². The van der Waals surface area contributed by atoms with E-state index in [1.54, 1.807) is 30.3 Å². The minimum absolute atomic E-state index is 0.346. The molecule has 1 atom stereocenters. The second kappa shape index (κ2) is 7.63. The smallest absolute Gasteiger partial charge is 0.406 e. The number of aliphatic carboxylic acids is 1. The average molecular weight is 374 g/mol. The number of nitrogens with zero attached hydrogens (tertiary/aromatic N) is 1. The van der Waals surface area contributed by atoms with Gasteiger partial charge in [-0.2, -0.15) is 13.2 Å². The Morgan fingerprint density at radius 1 is 1.23 bits per heavy atom. The molecule has 0 bridgehead atoms. The first-order chi connectivity index (χ1) is 12.2. The maximum absolute atomic E-state index is 13.1. The van der Waals surface area contributed by atoms with E-state index in [0.717, 1.165) is 4.90 Å². The third-order valence-electron chi connectivity index (χ3n) is 4.12. The van der Waals surface area contributed by atoms with Gasteiger partial charge in [-0.05, 0) is 18.6 Å². The van der Waals surface area contributed by atoms with Crippen LogP contribution in [-0.4, -0.2) is 60.2 Å². The highest BCUT2D eigenvalue weighted by atomic mass is 19.4. The number of rotatable bonds is 6. The number of carbonyl (C=O) groups excluding carboxylic acids is 2. The molecule has 26 heavy (non-hydrogen) atoms. The van der Waals surface area contributed by atoms with Crippen LogP contribution >= 0.6 is 0 Å². The molecule has 7 nitrogen and oxygen atoms in total. The number of amides is 2. The maximum Gasteiger partial charge on any atom is 0.406 e. The van der Waals surface area contributed by atoms with Crippen molar-refractivity contribution in [1.82, 2.24) is 10.2 Å². The number of hydrogen-bond acceptors (Lipinski definition) is 4. The summed E-state index contributed by atoms with van der Waals surface area (Å²) in [5.74, 6) is -2.97. The van der Waals surface area contributed by atoms with E-state index < -0.39 is 48.9 Å². The van der Waals surface area contributed by atoms with Crippen molar-refractivity contribution in [2.24, 2.45) is 5.41 Å². The Morgan fingerprint density at radius 3 is 2.42 bits per heavy atom. The number of alkyl halides is 3. The fourth-order valence-electron chi connectivity index (χ4n) is 2.55.